The number of nitrogens with one attached hydrogen (secondary N) is 1. The van der Waals surface area contributed by atoms with Gasteiger partial charge in [-0.1, -0.05) is 0 Å². The number of rotatable bonds is 3. The number of halogens is 2. The summed E-state index contributed by atoms with van der Waals surface area (Å²) >= 11 is 8.52. The highest BCUT2D eigenvalue weighted by Gasteiger charge is 2.09. The van der Waals surface area contributed by atoms with E-state index in [1.54, 1.807) is 17.5 Å². The molecule has 0 aromatic carbocycles. The Bertz CT molecular complexity index is 499. The molecule has 0 aliphatic carbocycles. The highest BCUT2D eigenvalue weighted by molar-refractivity contribution is 9.11. The van der Waals surface area contributed by atoms with Crippen LogP contribution in [0.1, 0.15) is 4.88 Å². The van der Waals surface area contributed by atoms with Crippen LogP contribution in [0.3, 0.4) is 0 Å². The van der Waals surface area contributed by atoms with Crippen molar-refractivity contribution in [3.8, 4) is 10.7 Å². The van der Waals surface area contributed by atoms with E-state index in [1.807, 2.05) is 19.3 Å². The van der Waals surface area contributed by atoms with Gasteiger partial charge in [-0.25, -0.2) is 4.98 Å². The van der Waals surface area contributed by atoms with Crippen molar-refractivity contribution in [3.05, 3.63) is 32.3 Å². The Morgan fingerprint density at radius 3 is 2.81 bits per heavy atom. The Balaban J connectivity index is 2.35. The fourth-order valence-corrected chi connectivity index (χ4v) is 3.49. The minimum atomic E-state index is 0.839. The van der Waals surface area contributed by atoms with Crippen molar-refractivity contribution >= 4 is 43.2 Å². The average Bonchev–Trinajstić information content (AvgIpc) is 2.67. The lowest BCUT2D eigenvalue weighted by Crippen LogP contribution is -2.02. The summed E-state index contributed by atoms with van der Waals surface area (Å²) < 4.78 is 1.90. The summed E-state index contributed by atoms with van der Waals surface area (Å²) in [6, 6.07) is 1.97. The highest BCUT2D eigenvalue weighted by atomic mass is 79.9. The van der Waals surface area contributed by atoms with Crippen LogP contribution < -0.4 is 5.32 Å². The quantitative estimate of drug-likeness (QED) is 0.908. The first-order chi connectivity index (χ1) is 7.70. The highest BCUT2D eigenvalue weighted by Crippen LogP contribution is 2.31. The van der Waals surface area contributed by atoms with E-state index in [-0.39, 0.29) is 0 Å². The largest absolute Gasteiger partial charge is 0.315 e. The molecule has 0 fully saturated rings. The van der Waals surface area contributed by atoms with Crippen molar-refractivity contribution in [1.29, 1.82) is 0 Å². The molecule has 2 heterocycles. The molecule has 84 valence electrons. The maximum absolute atomic E-state index is 4.37. The Hall–Kier alpha value is -0.300. The molecule has 0 aliphatic heterocycles. The summed E-state index contributed by atoms with van der Waals surface area (Å²) in [7, 11) is 1.92. The number of hydrogen-bond acceptors (Lipinski definition) is 4. The van der Waals surface area contributed by atoms with Gasteiger partial charge in [-0.2, -0.15) is 0 Å². The molecule has 0 amide bonds. The van der Waals surface area contributed by atoms with Crippen molar-refractivity contribution in [3.63, 3.8) is 0 Å². The second kappa shape index (κ2) is 5.35. The van der Waals surface area contributed by atoms with E-state index in [2.05, 4.69) is 47.1 Å². The summed E-state index contributed by atoms with van der Waals surface area (Å²) in [5.74, 6) is 0. The van der Waals surface area contributed by atoms with E-state index < -0.39 is 0 Å². The van der Waals surface area contributed by atoms with Gasteiger partial charge in [0.1, 0.15) is 10.7 Å². The van der Waals surface area contributed by atoms with Crippen LogP contribution >= 0.6 is 43.2 Å². The number of pyridine rings is 1. The second-order valence-electron chi connectivity index (χ2n) is 3.15. The summed E-state index contributed by atoms with van der Waals surface area (Å²) in [6.07, 6.45) is 3.66. The summed E-state index contributed by atoms with van der Waals surface area (Å²) in [4.78, 5) is 9.92. The number of thiazole rings is 1. The molecule has 0 radical (unpaired) electrons. The molecule has 3 nitrogen and oxygen atoms in total. The summed E-state index contributed by atoms with van der Waals surface area (Å²) in [6.45, 7) is 0.839. The third-order valence-electron chi connectivity index (χ3n) is 1.91. The molecule has 16 heavy (non-hydrogen) atoms. The van der Waals surface area contributed by atoms with Crippen molar-refractivity contribution in [1.82, 2.24) is 15.3 Å². The van der Waals surface area contributed by atoms with Gasteiger partial charge in [0.15, 0.2) is 0 Å². The molecule has 2 aromatic heterocycles. The van der Waals surface area contributed by atoms with E-state index in [0.717, 1.165) is 26.2 Å². The minimum Gasteiger partial charge on any atom is -0.315 e. The molecule has 0 aliphatic rings. The van der Waals surface area contributed by atoms with Crippen molar-refractivity contribution < 1.29 is 0 Å². The van der Waals surface area contributed by atoms with Gasteiger partial charge in [0.05, 0.1) is 0 Å². The molecule has 2 aromatic rings. The lowest BCUT2D eigenvalue weighted by Gasteiger charge is -1.99. The molecular weight excluding hydrogens is 354 g/mol. The van der Waals surface area contributed by atoms with Gasteiger partial charge in [0.25, 0.3) is 0 Å². The normalized spacial score (nSPS) is 10.7. The summed E-state index contributed by atoms with van der Waals surface area (Å²) in [5.41, 5.74) is 0.885. The Labute approximate surface area is 115 Å². The third-order valence-corrected chi connectivity index (χ3v) is 3.96. The van der Waals surface area contributed by atoms with Crippen molar-refractivity contribution in [2.45, 2.75) is 6.54 Å². The van der Waals surface area contributed by atoms with Gasteiger partial charge >= 0.3 is 0 Å². The molecule has 1 N–H and O–H groups in total. The smallest absolute Gasteiger partial charge is 0.143 e. The van der Waals surface area contributed by atoms with Crippen LogP contribution in [0.2, 0.25) is 0 Å². The standard InChI is InChI=1S/C10H9Br2N3S/c1-13-4-7-5-15-10(16-7)9-8(12)2-6(11)3-14-9/h2-3,5,13H,4H2,1H3. The number of nitrogens with zero attached hydrogens (tertiary/aromatic N) is 2. The van der Waals surface area contributed by atoms with Crippen LogP contribution in [-0.2, 0) is 6.54 Å². The van der Waals surface area contributed by atoms with Crippen LogP contribution in [0.4, 0.5) is 0 Å². The zero-order chi connectivity index (χ0) is 11.5. The topological polar surface area (TPSA) is 37.8 Å². The maximum atomic E-state index is 4.37. The van der Waals surface area contributed by atoms with Gasteiger partial charge in [0.2, 0.25) is 0 Å². The lowest BCUT2D eigenvalue weighted by atomic mass is 10.4. The van der Waals surface area contributed by atoms with Gasteiger partial charge in [-0.15, -0.1) is 11.3 Å². The molecular formula is C10H9Br2N3S. The van der Waals surface area contributed by atoms with E-state index in [4.69, 9.17) is 0 Å². The van der Waals surface area contributed by atoms with Gasteiger partial charge in [-0.3, -0.25) is 4.98 Å². The predicted octanol–water partition coefficient (Wildman–Crippen LogP) is 3.45. The monoisotopic (exact) mass is 361 g/mol. The molecule has 0 saturated heterocycles. The van der Waals surface area contributed by atoms with Gasteiger partial charge < -0.3 is 5.32 Å². The van der Waals surface area contributed by atoms with E-state index >= 15 is 0 Å². The fourth-order valence-electron chi connectivity index (χ4n) is 1.24. The number of aromatic nitrogens is 2. The molecule has 0 unspecified atom stereocenters. The lowest BCUT2D eigenvalue weighted by molar-refractivity contribution is 0.829. The molecule has 0 bridgehead atoms. The first-order valence-electron chi connectivity index (χ1n) is 4.61. The first kappa shape index (κ1) is 12.2. The number of hydrogen-bond donors (Lipinski definition) is 1. The molecule has 0 atom stereocenters. The minimum absolute atomic E-state index is 0.839. The van der Waals surface area contributed by atoms with Gasteiger partial charge in [0, 0.05) is 32.8 Å². The van der Waals surface area contributed by atoms with Crippen LogP contribution in [0, 0.1) is 0 Å². The maximum Gasteiger partial charge on any atom is 0.143 e. The third kappa shape index (κ3) is 2.68. The fraction of sp³-hybridized carbons (Fsp3) is 0.200. The Kier molecular flexibility index (Phi) is 4.07. The second-order valence-corrected chi connectivity index (χ2v) is 6.03. The Morgan fingerprint density at radius 1 is 1.31 bits per heavy atom. The first-order valence-corrected chi connectivity index (χ1v) is 7.01. The zero-order valence-electron chi connectivity index (χ0n) is 8.50. The van der Waals surface area contributed by atoms with Crippen LogP contribution in [0.5, 0.6) is 0 Å². The van der Waals surface area contributed by atoms with E-state index in [1.165, 1.54) is 4.88 Å². The molecule has 2 rings (SSSR count). The van der Waals surface area contributed by atoms with Gasteiger partial charge in [-0.05, 0) is 45.0 Å². The van der Waals surface area contributed by atoms with Crippen LogP contribution in [-0.4, -0.2) is 17.0 Å². The predicted molar refractivity (Wildman–Crippen MR) is 73.5 cm³/mol. The van der Waals surface area contributed by atoms with Crippen LogP contribution in [0.15, 0.2) is 27.4 Å². The Morgan fingerprint density at radius 2 is 2.12 bits per heavy atom. The van der Waals surface area contributed by atoms with Crippen molar-refractivity contribution in [2.75, 3.05) is 7.05 Å². The van der Waals surface area contributed by atoms with E-state index in [0.29, 0.717) is 0 Å². The van der Waals surface area contributed by atoms with E-state index in [9.17, 15) is 0 Å². The average molecular weight is 363 g/mol. The molecule has 6 heteroatoms. The summed E-state index contributed by atoms with van der Waals surface area (Å²) in [5, 5.41) is 4.04. The van der Waals surface area contributed by atoms with Crippen LogP contribution in [0.25, 0.3) is 10.7 Å². The zero-order valence-corrected chi connectivity index (χ0v) is 12.5. The SMILES string of the molecule is CNCc1cnc(-c2ncc(Br)cc2Br)s1. The molecule has 0 spiro atoms. The molecule has 0 saturated carbocycles. The van der Waals surface area contributed by atoms with Crippen molar-refractivity contribution in [2.24, 2.45) is 0 Å².